The van der Waals surface area contributed by atoms with Crippen molar-refractivity contribution in [3.05, 3.63) is 48.5 Å². The zero-order chi connectivity index (χ0) is 20.6. The summed E-state index contributed by atoms with van der Waals surface area (Å²) < 4.78 is 44.1. The standard InChI is InChI=1S/C18H15F3N6O2/c19-18(20,21)17(5-6-17)12-7-15(27-29-12)26-16(28)25-14-4-2-11(9-24-14)10-1-3-13(22)23-8-10/h1-4,7-9H,5-6H2,(H2,22,23)(H2,24,25,26,27,28). The number of nitrogens with one attached hydrogen (secondary N) is 2. The zero-order valence-electron chi connectivity index (χ0n) is 14.8. The van der Waals surface area contributed by atoms with Crippen LogP contribution in [0.25, 0.3) is 11.1 Å². The molecule has 0 atom stereocenters. The molecule has 0 unspecified atom stereocenters. The van der Waals surface area contributed by atoms with Gasteiger partial charge in [0.05, 0.1) is 0 Å². The number of urea groups is 1. The molecule has 1 aliphatic carbocycles. The minimum absolute atomic E-state index is 0.0584. The summed E-state index contributed by atoms with van der Waals surface area (Å²) in [6, 6.07) is 7.12. The summed E-state index contributed by atoms with van der Waals surface area (Å²) in [5.41, 5.74) is 5.13. The number of amides is 2. The lowest BCUT2D eigenvalue weighted by Gasteiger charge is -2.14. The van der Waals surface area contributed by atoms with E-state index in [1.54, 1.807) is 30.5 Å². The molecule has 1 fully saturated rings. The molecule has 0 aliphatic heterocycles. The third-order valence-corrected chi connectivity index (χ3v) is 4.64. The van der Waals surface area contributed by atoms with Gasteiger partial charge in [-0.2, -0.15) is 13.2 Å². The molecule has 0 saturated heterocycles. The minimum Gasteiger partial charge on any atom is -0.384 e. The van der Waals surface area contributed by atoms with Crippen LogP contribution in [0, 0.1) is 0 Å². The monoisotopic (exact) mass is 404 g/mol. The van der Waals surface area contributed by atoms with Crippen LogP contribution in [0.15, 0.2) is 47.2 Å². The van der Waals surface area contributed by atoms with Gasteiger partial charge >= 0.3 is 12.2 Å². The van der Waals surface area contributed by atoms with Crippen LogP contribution in [0.5, 0.6) is 0 Å². The molecule has 29 heavy (non-hydrogen) atoms. The normalized spacial score (nSPS) is 15.0. The van der Waals surface area contributed by atoms with E-state index in [4.69, 9.17) is 10.3 Å². The summed E-state index contributed by atoms with van der Waals surface area (Å²) in [4.78, 5) is 20.2. The van der Waals surface area contributed by atoms with E-state index in [0.717, 1.165) is 17.2 Å². The van der Waals surface area contributed by atoms with E-state index in [-0.39, 0.29) is 30.2 Å². The summed E-state index contributed by atoms with van der Waals surface area (Å²) in [6.07, 6.45) is -1.40. The molecule has 0 aromatic carbocycles. The number of alkyl halides is 3. The fraction of sp³-hybridized carbons (Fsp3) is 0.222. The smallest absolute Gasteiger partial charge is 0.384 e. The van der Waals surface area contributed by atoms with Crippen molar-refractivity contribution in [2.45, 2.75) is 24.4 Å². The van der Waals surface area contributed by atoms with Crippen molar-refractivity contribution in [3.63, 3.8) is 0 Å². The van der Waals surface area contributed by atoms with Gasteiger partial charge in [-0.3, -0.25) is 10.6 Å². The summed E-state index contributed by atoms with van der Waals surface area (Å²) in [5, 5.41) is 8.29. The van der Waals surface area contributed by atoms with Gasteiger partial charge in [-0.25, -0.2) is 14.8 Å². The number of nitrogens with zero attached hydrogens (tertiary/aromatic N) is 3. The fourth-order valence-corrected chi connectivity index (χ4v) is 2.83. The van der Waals surface area contributed by atoms with Crippen LogP contribution in [0.3, 0.4) is 0 Å². The predicted octanol–water partition coefficient (Wildman–Crippen LogP) is 3.95. The van der Waals surface area contributed by atoms with Crippen LogP contribution >= 0.6 is 0 Å². The average molecular weight is 404 g/mol. The molecule has 1 aliphatic rings. The highest BCUT2D eigenvalue weighted by Gasteiger charge is 2.66. The third-order valence-electron chi connectivity index (χ3n) is 4.64. The molecular weight excluding hydrogens is 389 g/mol. The van der Waals surface area contributed by atoms with Gasteiger partial charge in [0.1, 0.15) is 17.1 Å². The molecule has 1 saturated carbocycles. The van der Waals surface area contributed by atoms with Gasteiger partial charge in [-0.15, -0.1) is 0 Å². The van der Waals surface area contributed by atoms with Crippen molar-refractivity contribution in [1.82, 2.24) is 15.1 Å². The number of anilines is 3. The van der Waals surface area contributed by atoms with Gasteiger partial charge in [-0.05, 0) is 37.1 Å². The van der Waals surface area contributed by atoms with Crippen molar-refractivity contribution in [2.24, 2.45) is 0 Å². The second-order valence-electron chi connectivity index (χ2n) is 6.64. The predicted molar refractivity (Wildman–Crippen MR) is 98.0 cm³/mol. The van der Waals surface area contributed by atoms with E-state index < -0.39 is 17.6 Å². The molecule has 3 heterocycles. The van der Waals surface area contributed by atoms with Crippen LogP contribution in [0.1, 0.15) is 18.6 Å². The number of hydrogen-bond acceptors (Lipinski definition) is 6. The Labute approximate surface area is 162 Å². The number of carbonyl (C=O) groups excluding carboxylic acids is 1. The molecular formula is C18H15F3N6O2. The molecule has 0 spiro atoms. The molecule has 4 N–H and O–H groups in total. The first-order chi connectivity index (χ1) is 13.8. The SMILES string of the molecule is Nc1ccc(-c2ccc(NC(=O)Nc3cc(C4(C(F)(F)F)CC4)on3)nc2)cn1. The van der Waals surface area contributed by atoms with Crippen LogP contribution in [-0.4, -0.2) is 27.3 Å². The molecule has 4 rings (SSSR count). The zero-order valence-corrected chi connectivity index (χ0v) is 14.8. The molecule has 0 radical (unpaired) electrons. The number of nitrogen functional groups attached to an aromatic ring is 1. The highest BCUT2D eigenvalue weighted by molar-refractivity contribution is 5.98. The molecule has 0 bridgehead atoms. The maximum atomic E-state index is 13.1. The van der Waals surface area contributed by atoms with Crippen molar-refractivity contribution in [2.75, 3.05) is 16.4 Å². The first-order valence-corrected chi connectivity index (χ1v) is 8.57. The Morgan fingerprint density at radius 1 is 1.03 bits per heavy atom. The summed E-state index contributed by atoms with van der Waals surface area (Å²) >= 11 is 0. The van der Waals surface area contributed by atoms with Gasteiger partial charge in [0, 0.05) is 29.6 Å². The van der Waals surface area contributed by atoms with Crippen LogP contribution < -0.4 is 16.4 Å². The number of carbonyl (C=O) groups is 1. The third kappa shape index (κ3) is 3.71. The van der Waals surface area contributed by atoms with Crippen LogP contribution in [-0.2, 0) is 5.41 Å². The number of hydrogen-bond donors (Lipinski definition) is 3. The highest BCUT2D eigenvalue weighted by Crippen LogP contribution is 2.59. The van der Waals surface area contributed by atoms with E-state index in [0.29, 0.717) is 5.82 Å². The Kier molecular flexibility index (Phi) is 4.36. The Hall–Kier alpha value is -3.63. The first-order valence-electron chi connectivity index (χ1n) is 8.57. The Bertz CT molecular complexity index is 1030. The number of halogens is 3. The van der Waals surface area contributed by atoms with Crippen molar-refractivity contribution in [1.29, 1.82) is 0 Å². The van der Waals surface area contributed by atoms with E-state index >= 15 is 0 Å². The van der Waals surface area contributed by atoms with Gasteiger partial charge < -0.3 is 10.3 Å². The second-order valence-corrected chi connectivity index (χ2v) is 6.64. The molecule has 3 aromatic rings. The van der Waals surface area contributed by atoms with E-state index in [1.807, 2.05) is 0 Å². The average Bonchev–Trinajstić information content (AvgIpc) is 3.38. The number of rotatable bonds is 4. The maximum absolute atomic E-state index is 13.1. The summed E-state index contributed by atoms with van der Waals surface area (Å²) in [7, 11) is 0. The lowest BCUT2D eigenvalue weighted by Crippen LogP contribution is -2.28. The molecule has 150 valence electrons. The quantitative estimate of drug-likeness (QED) is 0.606. The Morgan fingerprint density at radius 2 is 1.69 bits per heavy atom. The molecule has 3 aromatic heterocycles. The lowest BCUT2D eigenvalue weighted by molar-refractivity contribution is -0.165. The van der Waals surface area contributed by atoms with Gasteiger partial charge in [-0.1, -0.05) is 5.16 Å². The van der Waals surface area contributed by atoms with Gasteiger partial charge in [0.2, 0.25) is 0 Å². The number of nitrogens with two attached hydrogens (primary N) is 1. The lowest BCUT2D eigenvalue weighted by atomic mass is 10.0. The van der Waals surface area contributed by atoms with Gasteiger partial charge in [0.15, 0.2) is 11.6 Å². The fourth-order valence-electron chi connectivity index (χ4n) is 2.83. The van der Waals surface area contributed by atoms with Crippen molar-refractivity contribution < 1.29 is 22.5 Å². The molecule has 11 heteroatoms. The Balaban J connectivity index is 1.38. The number of pyridine rings is 2. The molecule has 8 nitrogen and oxygen atoms in total. The first kappa shape index (κ1) is 18.7. The summed E-state index contributed by atoms with van der Waals surface area (Å²) in [6.45, 7) is 0. The van der Waals surface area contributed by atoms with Crippen molar-refractivity contribution in [3.8, 4) is 11.1 Å². The maximum Gasteiger partial charge on any atom is 0.401 e. The van der Waals surface area contributed by atoms with E-state index in [9.17, 15) is 18.0 Å². The Morgan fingerprint density at radius 3 is 2.24 bits per heavy atom. The van der Waals surface area contributed by atoms with Gasteiger partial charge in [0.25, 0.3) is 0 Å². The van der Waals surface area contributed by atoms with Crippen LogP contribution in [0.2, 0.25) is 0 Å². The molecule has 2 amide bonds. The number of aromatic nitrogens is 3. The minimum atomic E-state index is -4.42. The second kappa shape index (κ2) is 6.76. The van der Waals surface area contributed by atoms with Crippen molar-refractivity contribution >= 4 is 23.5 Å². The van der Waals surface area contributed by atoms with E-state index in [1.165, 1.54) is 6.20 Å². The van der Waals surface area contributed by atoms with E-state index in [2.05, 4.69) is 25.8 Å². The topological polar surface area (TPSA) is 119 Å². The summed E-state index contributed by atoms with van der Waals surface area (Å²) in [5.74, 6) is 0.223. The van der Waals surface area contributed by atoms with Crippen LogP contribution in [0.4, 0.5) is 35.4 Å². The largest absolute Gasteiger partial charge is 0.401 e. The highest BCUT2D eigenvalue weighted by atomic mass is 19.4.